The van der Waals surface area contributed by atoms with Crippen LogP contribution >= 0.6 is 0 Å². The van der Waals surface area contributed by atoms with Crippen molar-refractivity contribution in [1.29, 1.82) is 0 Å². The number of carbonyl (C=O) groups is 2. The van der Waals surface area contributed by atoms with Gasteiger partial charge < -0.3 is 4.90 Å². The summed E-state index contributed by atoms with van der Waals surface area (Å²) in [4.78, 5) is 26.1. The maximum absolute atomic E-state index is 13.2. The molecule has 0 saturated carbocycles. The lowest BCUT2D eigenvalue weighted by molar-refractivity contribution is -0.139. The largest absolute Gasteiger partial charge is 0.416 e. The van der Waals surface area contributed by atoms with Crippen LogP contribution < -0.4 is 0 Å². The van der Waals surface area contributed by atoms with Gasteiger partial charge in [0.25, 0.3) is 0 Å². The molecule has 33 heavy (non-hydrogen) atoms. The standard InChI is InChI=1S/C23H25F3N2O4S/c1-16(29)17-7-9-20(10-8-17)33(31,32)28-13-11-27(12-14-28)21(30)22(2,3)18-5-4-6-19(15-18)23(24,25)26/h4-10,15H,11-14H2,1-3H3. The fourth-order valence-electron chi connectivity index (χ4n) is 3.75. The first kappa shape index (κ1) is 24.9. The number of carbonyl (C=O) groups excluding carboxylic acids is 2. The fraction of sp³-hybridized carbons (Fsp3) is 0.391. The van der Waals surface area contributed by atoms with Crippen molar-refractivity contribution in [2.45, 2.75) is 37.3 Å². The SMILES string of the molecule is CC(=O)c1ccc(S(=O)(=O)N2CCN(C(=O)C(C)(C)c3cccc(C(F)(F)F)c3)CC2)cc1. The van der Waals surface area contributed by atoms with Crippen LogP contribution in [0.25, 0.3) is 0 Å². The van der Waals surface area contributed by atoms with Gasteiger partial charge in [0.05, 0.1) is 15.9 Å². The molecule has 0 aromatic heterocycles. The number of piperazine rings is 1. The number of hydrogen-bond donors (Lipinski definition) is 0. The van der Waals surface area contributed by atoms with E-state index < -0.39 is 27.2 Å². The molecule has 1 fully saturated rings. The van der Waals surface area contributed by atoms with E-state index in [0.717, 1.165) is 12.1 Å². The molecular weight excluding hydrogens is 457 g/mol. The van der Waals surface area contributed by atoms with Gasteiger partial charge in [0, 0.05) is 31.7 Å². The van der Waals surface area contributed by atoms with E-state index in [9.17, 15) is 31.2 Å². The number of sulfonamides is 1. The summed E-state index contributed by atoms with van der Waals surface area (Å²) >= 11 is 0. The highest BCUT2D eigenvalue weighted by Gasteiger charge is 2.39. The molecule has 0 N–H and O–H groups in total. The molecule has 1 saturated heterocycles. The number of nitrogens with zero attached hydrogens (tertiary/aromatic N) is 2. The Hall–Kier alpha value is -2.72. The van der Waals surface area contributed by atoms with Gasteiger partial charge in [-0.05, 0) is 44.5 Å². The maximum Gasteiger partial charge on any atom is 0.416 e. The van der Waals surface area contributed by atoms with E-state index >= 15 is 0 Å². The predicted molar refractivity (Wildman–Crippen MR) is 116 cm³/mol. The second kappa shape index (κ2) is 8.90. The van der Waals surface area contributed by atoms with E-state index in [1.807, 2.05) is 0 Å². The number of hydrogen-bond acceptors (Lipinski definition) is 4. The van der Waals surface area contributed by atoms with Crippen LogP contribution in [-0.4, -0.2) is 55.5 Å². The van der Waals surface area contributed by atoms with Crippen molar-refractivity contribution >= 4 is 21.7 Å². The van der Waals surface area contributed by atoms with E-state index in [0.29, 0.717) is 5.56 Å². The summed E-state index contributed by atoms with van der Waals surface area (Å²) in [7, 11) is -3.80. The number of ketones is 1. The molecule has 10 heteroatoms. The van der Waals surface area contributed by atoms with E-state index in [-0.39, 0.29) is 48.3 Å². The number of halogens is 3. The molecule has 0 unspecified atom stereocenters. The summed E-state index contributed by atoms with van der Waals surface area (Å²) in [6.45, 7) is 4.86. The zero-order valence-corrected chi connectivity index (χ0v) is 19.3. The number of amides is 1. The van der Waals surface area contributed by atoms with Gasteiger partial charge in [-0.25, -0.2) is 8.42 Å². The molecular formula is C23H25F3N2O4S. The lowest BCUT2D eigenvalue weighted by atomic mass is 9.82. The van der Waals surface area contributed by atoms with Crippen LogP contribution in [0.5, 0.6) is 0 Å². The van der Waals surface area contributed by atoms with Crippen molar-refractivity contribution < 1.29 is 31.2 Å². The van der Waals surface area contributed by atoms with E-state index in [2.05, 4.69) is 0 Å². The summed E-state index contributed by atoms with van der Waals surface area (Å²) in [5, 5.41) is 0. The Morgan fingerprint density at radius 3 is 1.94 bits per heavy atom. The van der Waals surface area contributed by atoms with Gasteiger partial charge in [0.15, 0.2) is 5.78 Å². The number of rotatable bonds is 5. The minimum atomic E-state index is -4.52. The second-order valence-electron chi connectivity index (χ2n) is 8.48. The summed E-state index contributed by atoms with van der Waals surface area (Å²) in [6, 6.07) is 10.3. The smallest absolute Gasteiger partial charge is 0.339 e. The van der Waals surface area contributed by atoms with E-state index in [1.165, 1.54) is 52.5 Å². The van der Waals surface area contributed by atoms with Crippen LogP contribution in [0.4, 0.5) is 13.2 Å². The average Bonchev–Trinajstić information content (AvgIpc) is 2.78. The van der Waals surface area contributed by atoms with Crippen LogP contribution in [0.1, 0.15) is 42.3 Å². The number of benzene rings is 2. The molecule has 0 aliphatic carbocycles. The Balaban J connectivity index is 1.72. The predicted octanol–water partition coefficient (Wildman–Crippen LogP) is 3.72. The highest BCUT2D eigenvalue weighted by Crippen LogP contribution is 2.34. The molecule has 0 atom stereocenters. The van der Waals surface area contributed by atoms with Gasteiger partial charge in [0.1, 0.15) is 0 Å². The zero-order chi connectivity index (χ0) is 24.6. The van der Waals surface area contributed by atoms with Crippen molar-refractivity contribution in [3.8, 4) is 0 Å². The van der Waals surface area contributed by atoms with Crippen LogP contribution in [0.2, 0.25) is 0 Å². The van der Waals surface area contributed by atoms with Crippen molar-refractivity contribution in [1.82, 2.24) is 9.21 Å². The van der Waals surface area contributed by atoms with Gasteiger partial charge in [-0.1, -0.05) is 30.3 Å². The number of Topliss-reactive ketones (excluding diaryl/α,β-unsaturated/α-hetero) is 1. The minimum absolute atomic E-state index is 0.0524. The Kier molecular flexibility index (Phi) is 6.72. The van der Waals surface area contributed by atoms with Gasteiger partial charge in [-0.2, -0.15) is 17.5 Å². The Morgan fingerprint density at radius 2 is 1.42 bits per heavy atom. The lowest BCUT2D eigenvalue weighted by Crippen LogP contribution is -2.54. The van der Waals surface area contributed by atoms with Crippen molar-refractivity contribution in [2.24, 2.45) is 0 Å². The van der Waals surface area contributed by atoms with Gasteiger partial charge in [0.2, 0.25) is 15.9 Å². The maximum atomic E-state index is 13.2. The molecule has 178 valence electrons. The van der Waals surface area contributed by atoms with Crippen LogP contribution in [0.15, 0.2) is 53.4 Å². The van der Waals surface area contributed by atoms with Gasteiger partial charge in [-0.15, -0.1) is 0 Å². The first-order chi connectivity index (χ1) is 15.2. The third kappa shape index (κ3) is 5.11. The molecule has 2 aromatic rings. The fourth-order valence-corrected chi connectivity index (χ4v) is 5.17. The molecule has 0 radical (unpaired) electrons. The molecule has 6 nitrogen and oxygen atoms in total. The molecule has 1 heterocycles. The normalized spacial score (nSPS) is 16.0. The molecule has 1 aliphatic heterocycles. The molecule has 0 bridgehead atoms. The number of alkyl halides is 3. The van der Waals surface area contributed by atoms with Crippen LogP contribution in [0, 0.1) is 0 Å². The molecule has 2 aromatic carbocycles. The first-order valence-electron chi connectivity index (χ1n) is 10.3. The topological polar surface area (TPSA) is 74.8 Å². The van der Waals surface area contributed by atoms with Crippen molar-refractivity contribution in [3.05, 3.63) is 65.2 Å². The van der Waals surface area contributed by atoms with E-state index in [1.54, 1.807) is 13.8 Å². The Bertz CT molecular complexity index is 1150. The van der Waals surface area contributed by atoms with Crippen LogP contribution in [0.3, 0.4) is 0 Å². The average molecular weight is 483 g/mol. The Labute approximate surface area is 191 Å². The van der Waals surface area contributed by atoms with Gasteiger partial charge in [-0.3, -0.25) is 9.59 Å². The van der Waals surface area contributed by atoms with Crippen molar-refractivity contribution in [3.63, 3.8) is 0 Å². The van der Waals surface area contributed by atoms with Gasteiger partial charge >= 0.3 is 6.18 Å². The molecule has 1 aliphatic rings. The zero-order valence-electron chi connectivity index (χ0n) is 18.5. The quantitative estimate of drug-likeness (QED) is 0.609. The summed E-state index contributed by atoms with van der Waals surface area (Å²) in [5.74, 6) is -0.542. The molecule has 1 amide bonds. The summed E-state index contributed by atoms with van der Waals surface area (Å²) in [6.07, 6.45) is -4.52. The second-order valence-corrected chi connectivity index (χ2v) is 10.4. The molecule has 0 spiro atoms. The third-order valence-electron chi connectivity index (χ3n) is 5.87. The third-order valence-corrected chi connectivity index (χ3v) is 7.78. The molecule has 3 rings (SSSR count). The monoisotopic (exact) mass is 482 g/mol. The first-order valence-corrected chi connectivity index (χ1v) is 11.8. The van der Waals surface area contributed by atoms with Crippen molar-refractivity contribution in [2.75, 3.05) is 26.2 Å². The Morgan fingerprint density at radius 1 is 0.879 bits per heavy atom. The summed E-state index contributed by atoms with van der Waals surface area (Å²) < 4.78 is 66.4. The van der Waals surface area contributed by atoms with Crippen LogP contribution in [-0.2, 0) is 26.4 Å². The highest BCUT2D eigenvalue weighted by atomic mass is 32.2. The lowest BCUT2D eigenvalue weighted by Gasteiger charge is -2.38. The highest BCUT2D eigenvalue weighted by molar-refractivity contribution is 7.89. The minimum Gasteiger partial charge on any atom is -0.339 e. The van der Waals surface area contributed by atoms with E-state index in [4.69, 9.17) is 0 Å². The summed E-state index contributed by atoms with van der Waals surface area (Å²) in [5.41, 5.74) is -1.40.